The van der Waals surface area contributed by atoms with E-state index in [1.54, 1.807) is 24.5 Å². The molecule has 0 radical (unpaired) electrons. The number of rotatable bonds is 7. The SMILES string of the molecule is Nc1nc(CSc2nnc(-c3cccnc3)n2C2CC2)nc(Nc2ccc(F)cc2)n1. The van der Waals surface area contributed by atoms with Crippen LogP contribution in [0.15, 0.2) is 53.9 Å². The van der Waals surface area contributed by atoms with E-state index >= 15 is 0 Å². The van der Waals surface area contributed by atoms with Crippen molar-refractivity contribution in [1.29, 1.82) is 0 Å². The maximum Gasteiger partial charge on any atom is 0.232 e. The summed E-state index contributed by atoms with van der Waals surface area (Å²) in [6.07, 6.45) is 5.73. The van der Waals surface area contributed by atoms with Gasteiger partial charge in [0.15, 0.2) is 11.0 Å². The molecule has 31 heavy (non-hydrogen) atoms. The van der Waals surface area contributed by atoms with Gasteiger partial charge in [-0.3, -0.25) is 9.55 Å². The standard InChI is InChI=1S/C20H18FN9S/c21-13-3-5-14(6-4-13)24-19-26-16(25-18(22)27-19)11-31-20-29-28-17(30(20)15-7-8-15)12-2-1-9-23-10-12/h1-6,9-10,15H,7-8,11H2,(H3,22,24,25,26,27). The molecule has 1 aromatic carbocycles. The lowest BCUT2D eigenvalue weighted by Gasteiger charge is -2.09. The summed E-state index contributed by atoms with van der Waals surface area (Å²) < 4.78 is 15.3. The minimum Gasteiger partial charge on any atom is -0.368 e. The zero-order chi connectivity index (χ0) is 21.2. The van der Waals surface area contributed by atoms with Crippen LogP contribution in [0.25, 0.3) is 11.4 Å². The van der Waals surface area contributed by atoms with Crippen molar-refractivity contribution in [2.24, 2.45) is 0 Å². The average Bonchev–Trinajstić information content (AvgIpc) is 3.53. The van der Waals surface area contributed by atoms with E-state index in [4.69, 9.17) is 5.73 Å². The van der Waals surface area contributed by atoms with Crippen molar-refractivity contribution in [3.05, 3.63) is 60.4 Å². The predicted molar refractivity (Wildman–Crippen MR) is 115 cm³/mol. The quantitative estimate of drug-likeness (QED) is 0.419. The molecule has 0 saturated heterocycles. The summed E-state index contributed by atoms with van der Waals surface area (Å²) >= 11 is 1.49. The van der Waals surface area contributed by atoms with Crippen LogP contribution in [0.3, 0.4) is 0 Å². The van der Waals surface area contributed by atoms with E-state index in [1.807, 2.05) is 12.1 Å². The Morgan fingerprint density at radius 1 is 1.10 bits per heavy atom. The Bertz CT molecular complexity index is 1190. The third kappa shape index (κ3) is 4.45. The van der Waals surface area contributed by atoms with Crippen molar-refractivity contribution < 1.29 is 4.39 Å². The Balaban J connectivity index is 1.35. The van der Waals surface area contributed by atoms with Crippen LogP contribution in [0.4, 0.5) is 22.0 Å². The first kappa shape index (κ1) is 19.4. The molecule has 1 aliphatic carbocycles. The number of nitrogen functional groups attached to an aromatic ring is 1. The van der Waals surface area contributed by atoms with Gasteiger partial charge in [0, 0.05) is 29.7 Å². The van der Waals surface area contributed by atoms with Gasteiger partial charge in [-0.1, -0.05) is 11.8 Å². The number of nitrogens with two attached hydrogens (primary N) is 1. The number of benzene rings is 1. The number of pyridine rings is 1. The number of nitrogens with one attached hydrogen (secondary N) is 1. The van der Waals surface area contributed by atoms with Crippen molar-refractivity contribution in [2.45, 2.75) is 29.8 Å². The van der Waals surface area contributed by atoms with E-state index in [0.29, 0.717) is 29.3 Å². The largest absolute Gasteiger partial charge is 0.368 e. The number of nitrogens with zero attached hydrogens (tertiary/aromatic N) is 7. The number of hydrogen-bond donors (Lipinski definition) is 2. The van der Waals surface area contributed by atoms with Gasteiger partial charge in [0.2, 0.25) is 11.9 Å². The van der Waals surface area contributed by atoms with Crippen molar-refractivity contribution in [3.63, 3.8) is 0 Å². The molecule has 4 aromatic rings. The lowest BCUT2D eigenvalue weighted by Crippen LogP contribution is -2.07. The average molecular weight is 435 g/mol. The maximum absolute atomic E-state index is 13.1. The van der Waals surface area contributed by atoms with Crippen molar-refractivity contribution >= 4 is 29.3 Å². The molecule has 1 aliphatic rings. The van der Waals surface area contributed by atoms with Gasteiger partial charge in [-0.2, -0.15) is 15.0 Å². The summed E-state index contributed by atoms with van der Waals surface area (Å²) in [5.41, 5.74) is 7.45. The number of aromatic nitrogens is 7. The van der Waals surface area contributed by atoms with Gasteiger partial charge >= 0.3 is 0 Å². The molecule has 0 bridgehead atoms. The molecule has 5 rings (SSSR count). The lowest BCUT2D eigenvalue weighted by molar-refractivity contribution is 0.628. The van der Waals surface area contributed by atoms with Crippen LogP contribution < -0.4 is 11.1 Å². The zero-order valence-electron chi connectivity index (χ0n) is 16.3. The van der Waals surface area contributed by atoms with Crippen LogP contribution in [-0.2, 0) is 5.75 Å². The fourth-order valence-electron chi connectivity index (χ4n) is 3.08. The molecular weight excluding hydrogens is 417 g/mol. The van der Waals surface area contributed by atoms with Crippen LogP contribution in [0.1, 0.15) is 24.7 Å². The summed E-state index contributed by atoms with van der Waals surface area (Å²) in [7, 11) is 0. The van der Waals surface area contributed by atoms with E-state index in [0.717, 1.165) is 29.4 Å². The molecule has 0 aliphatic heterocycles. The van der Waals surface area contributed by atoms with Gasteiger partial charge in [0.1, 0.15) is 11.6 Å². The molecule has 0 atom stereocenters. The first-order valence-electron chi connectivity index (χ1n) is 9.67. The second kappa shape index (κ2) is 8.26. The third-order valence-electron chi connectivity index (χ3n) is 4.63. The van der Waals surface area contributed by atoms with Crippen LogP contribution in [0.5, 0.6) is 0 Å². The van der Waals surface area contributed by atoms with Gasteiger partial charge in [0.05, 0.1) is 5.75 Å². The van der Waals surface area contributed by atoms with Gasteiger partial charge in [0.25, 0.3) is 0 Å². The lowest BCUT2D eigenvalue weighted by atomic mass is 10.3. The maximum atomic E-state index is 13.1. The summed E-state index contributed by atoms with van der Waals surface area (Å²) in [4.78, 5) is 16.9. The molecule has 9 nitrogen and oxygen atoms in total. The molecule has 11 heteroatoms. The van der Waals surface area contributed by atoms with Crippen LogP contribution in [0, 0.1) is 5.82 Å². The number of thioether (sulfide) groups is 1. The molecule has 0 amide bonds. The van der Waals surface area contributed by atoms with Gasteiger partial charge in [-0.05, 0) is 49.2 Å². The smallest absolute Gasteiger partial charge is 0.232 e. The van der Waals surface area contributed by atoms with Gasteiger partial charge < -0.3 is 11.1 Å². The second-order valence-corrected chi connectivity index (χ2v) is 7.95. The molecule has 0 unspecified atom stereocenters. The normalized spacial score (nSPS) is 13.3. The zero-order valence-corrected chi connectivity index (χ0v) is 17.1. The topological polar surface area (TPSA) is 120 Å². The first-order chi connectivity index (χ1) is 15.2. The number of hydrogen-bond acceptors (Lipinski definition) is 9. The minimum atomic E-state index is -0.316. The molecule has 3 aromatic heterocycles. The number of anilines is 3. The summed E-state index contributed by atoms with van der Waals surface area (Å²) in [6.45, 7) is 0. The molecule has 1 saturated carbocycles. The van der Waals surface area contributed by atoms with E-state index in [1.165, 1.54) is 23.9 Å². The van der Waals surface area contributed by atoms with E-state index in [9.17, 15) is 4.39 Å². The molecule has 1 fully saturated rings. The van der Waals surface area contributed by atoms with Crippen molar-refractivity contribution in [3.8, 4) is 11.4 Å². The van der Waals surface area contributed by atoms with Crippen molar-refractivity contribution in [2.75, 3.05) is 11.1 Å². The van der Waals surface area contributed by atoms with Crippen molar-refractivity contribution in [1.82, 2.24) is 34.7 Å². The summed E-state index contributed by atoms with van der Waals surface area (Å²) in [6, 6.07) is 10.2. The van der Waals surface area contributed by atoms with Crippen LogP contribution in [0.2, 0.25) is 0 Å². The Morgan fingerprint density at radius 2 is 1.94 bits per heavy atom. The fraction of sp³-hybridized carbons (Fsp3) is 0.200. The molecule has 156 valence electrons. The van der Waals surface area contributed by atoms with E-state index in [2.05, 4.69) is 40.0 Å². The van der Waals surface area contributed by atoms with E-state index < -0.39 is 0 Å². The van der Waals surface area contributed by atoms with E-state index in [-0.39, 0.29) is 11.8 Å². The Morgan fingerprint density at radius 3 is 2.68 bits per heavy atom. The highest BCUT2D eigenvalue weighted by atomic mass is 32.2. The predicted octanol–water partition coefficient (Wildman–Crippen LogP) is 3.62. The Hall–Kier alpha value is -3.60. The third-order valence-corrected chi connectivity index (χ3v) is 5.57. The second-order valence-electron chi connectivity index (χ2n) is 7.00. The first-order valence-corrected chi connectivity index (χ1v) is 10.7. The monoisotopic (exact) mass is 435 g/mol. The molecular formula is C20H18FN9S. The highest BCUT2D eigenvalue weighted by Gasteiger charge is 2.30. The van der Waals surface area contributed by atoms with Crippen LogP contribution >= 0.6 is 11.8 Å². The minimum absolute atomic E-state index is 0.106. The molecule has 0 spiro atoms. The van der Waals surface area contributed by atoms with Crippen LogP contribution in [-0.4, -0.2) is 34.7 Å². The highest BCUT2D eigenvalue weighted by molar-refractivity contribution is 7.98. The summed E-state index contributed by atoms with van der Waals surface area (Å²) in [5, 5.41) is 12.6. The fourth-order valence-corrected chi connectivity index (χ4v) is 3.94. The Labute approximate surface area is 181 Å². The molecule has 3 heterocycles. The van der Waals surface area contributed by atoms with Gasteiger partial charge in [-0.25, -0.2) is 4.39 Å². The van der Waals surface area contributed by atoms with Gasteiger partial charge in [-0.15, -0.1) is 10.2 Å². The summed E-state index contributed by atoms with van der Waals surface area (Å²) in [5.74, 6) is 1.86. The number of halogens is 1. The molecule has 3 N–H and O–H groups in total. The highest BCUT2D eigenvalue weighted by Crippen LogP contribution is 2.41. The Kier molecular flexibility index (Phi) is 5.16.